The molecule has 7 heteroatoms. The first kappa shape index (κ1) is 21.4. The van der Waals surface area contributed by atoms with Gasteiger partial charge in [-0.15, -0.1) is 0 Å². The largest absolute Gasteiger partial charge is 1.00 e. The number of hydrogen-bond donors (Lipinski definition) is 2. The van der Waals surface area contributed by atoms with Crippen molar-refractivity contribution in [1.82, 2.24) is 0 Å². The number of benzene rings is 1. The molecule has 0 fully saturated rings. The summed E-state index contributed by atoms with van der Waals surface area (Å²) in [4.78, 5) is 20.7. The number of aromatic carboxylic acids is 2. The topological polar surface area (TPSA) is 74.6 Å². The molecule has 4 nitrogen and oxygen atoms in total. The summed E-state index contributed by atoms with van der Waals surface area (Å²) < 4.78 is 0. The third-order valence-electron chi connectivity index (χ3n) is 1.38. The molecule has 62 valence electrons. The van der Waals surface area contributed by atoms with Gasteiger partial charge in [-0.25, -0.2) is 9.59 Å². The summed E-state index contributed by atoms with van der Waals surface area (Å²) >= 11 is 0. The second-order valence-corrected chi connectivity index (χ2v) is 2.19. The van der Waals surface area contributed by atoms with Crippen molar-refractivity contribution in [3.05, 3.63) is 35.4 Å². The van der Waals surface area contributed by atoms with Gasteiger partial charge in [-0.2, -0.15) is 0 Å². The van der Waals surface area contributed by atoms with Crippen molar-refractivity contribution in [2.75, 3.05) is 0 Å². The average molecular weight is 235 g/mol. The van der Waals surface area contributed by atoms with Crippen LogP contribution in [0, 0.1) is 0 Å². The fourth-order valence-electron chi connectivity index (χ4n) is 0.755. The maximum absolute atomic E-state index is 10.3. The van der Waals surface area contributed by atoms with Gasteiger partial charge in [0.05, 0.1) is 11.1 Å². The van der Waals surface area contributed by atoms with Gasteiger partial charge in [0.15, 0.2) is 0 Å². The fourth-order valence-corrected chi connectivity index (χ4v) is 0.755. The fraction of sp³-hybridized carbons (Fsp3) is 0. The van der Waals surface area contributed by atoms with Crippen LogP contribution in [-0.4, -0.2) is 22.2 Å². The number of rotatable bonds is 2. The average Bonchev–Trinajstić information content (AvgIpc) is 2.04. The molecule has 0 heterocycles. The first-order valence-corrected chi connectivity index (χ1v) is 3.18. The molecule has 0 aromatic heterocycles. The van der Waals surface area contributed by atoms with E-state index in [9.17, 15) is 9.59 Å². The van der Waals surface area contributed by atoms with E-state index >= 15 is 0 Å². The van der Waals surface area contributed by atoms with Crippen molar-refractivity contribution < 1.29 is 108 Å². The molecule has 1 aromatic carbocycles. The van der Waals surface area contributed by atoms with Crippen LogP contribution < -0.4 is 88.7 Å². The molecule has 1 rings (SSSR count). The van der Waals surface area contributed by atoms with Gasteiger partial charge >= 0.3 is 101 Å². The van der Waals surface area contributed by atoms with Crippen molar-refractivity contribution in [2.45, 2.75) is 0 Å². The molecule has 0 saturated heterocycles. The Kier molecular flexibility index (Phi) is 14.8. The SMILES string of the molecule is O=C(O)c1ccc(C(=O)O)cc1.[Na+].[Na+].[Na+]. The summed E-state index contributed by atoms with van der Waals surface area (Å²) in [6, 6.07) is 5.02. The minimum Gasteiger partial charge on any atom is -0.478 e. The minimum atomic E-state index is -1.06. The monoisotopic (exact) mass is 235 g/mol. The molecule has 0 spiro atoms. The van der Waals surface area contributed by atoms with Crippen LogP contribution in [0.15, 0.2) is 24.3 Å². The Labute approximate surface area is 153 Å². The van der Waals surface area contributed by atoms with Crippen molar-refractivity contribution >= 4 is 11.9 Å². The Morgan fingerprint density at radius 2 is 0.933 bits per heavy atom. The maximum atomic E-state index is 10.3. The van der Waals surface area contributed by atoms with E-state index in [2.05, 4.69) is 0 Å². The summed E-state index contributed by atoms with van der Waals surface area (Å²) in [5.74, 6) is -2.13. The summed E-state index contributed by atoms with van der Waals surface area (Å²) in [6.07, 6.45) is 0. The smallest absolute Gasteiger partial charge is 0.478 e. The summed E-state index contributed by atoms with van der Waals surface area (Å²) in [7, 11) is 0. The van der Waals surface area contributed by atoms with Crippen molar-refractivity contribution in [2.24, 2.45) is 0 Å². The van der Waals surface area contributed by atoms with E-state index < -0.39 is 11.9 Å². The minimum absolute atomic E-state index is 0. The van der Waals surface area contributed by atoms with Crippen LogP contribution in [0.25, 0.3) is 0 Å². The van der Waals surface area contributed by atoms with E-state index in [4.69, 9.17) is 10.2 Å². The molecule has 15 heavy (non-hydrogen) atoms. The molecule has 0 aliphatic rings. The van der Waals surface area contributed by atoms with E-state index in [0.29, 0.717) is 0 Å². The maximum Gasteiger partial charge on any atom is 1.00 e. The van der Waals surface area contributed by atoms with Gasteiger partial charge in [0.25, 0.3) is 0 Å². The van der Waals surface area contributed by atoms with Crippen LogP contribution in [0.4, 0.5) is 0 Å². The molecule has 0 aliphatic heterocycles. The summed E-state index contributed by atoms with van der Waals surface area (Å²) in [5.41, 5.74) is 0.167. The van der Waals surface area contributed by atoms with Crippen molar-refractivity contribution in [3.8, 4) is 0 Å². The van der Waals surface area contributed by atoms with Gasteiger partial charge in [-0.3, -0.25) is 0 Å². The van der Waals surface area contributed by atoms with Crippen LogP contribution in [0.1, 0.15) is 20.7 Å². The predicted octanol–water partition coefficient (Wildman–Crippen LogP) is -7.91. The molecular weight excluding hydrogens is 229 g/mol. The Morgan fingerprint density at radius 1 is 0.733 bits per heavy atom. The van der Waals surface area contributed by atoms with Gasteiger partial charge in [0.2, 0.25) is 0 Å². The van der Waals surface area contributed by atoms with E-state index in [1.165, 1.54) is 24.3 Å². The van der Waals surface area contributed by atoms with Crippen LogP contribution in [-0.2, 0) is 0 Å². The van der Waals surface area contributed by atoms with E-state index in [0.717, 1.165) is 0 Å². The van der Waals surface area contributed by atoms with Gasteiger partial charge in [0, 0.05) is 0 Å². The van der Waals surface area contributed by atoms with Crippen molar-refractivity contribution in [3.63, 3.8) is 0 Å². The molecule has 0 radical (unpaired) electrons. The zero-order valence-corrected chi connectivity index (χ0v) is 15.0. The number of carboxylic acid groups (broad SMARTS) is 2. The molecule has 0 atom stereocenters. The van der Waals surface area contributed by atoms with Crippen LogP contribution in [0.3, 0.4) is 0 Å². The zero-order valence-electron chi connectivity index (χ0n) is 9.02. The molecule has 2 N–H and O–H groups in total. The molecular formula is C8H6Na3O4+3. The quantitative estimate of drug-likeness (QED) is 0.499. The Morgan fingerprint density at radius 3 is 1.07 bits per heavy atom. The van der Waals surface area contributed by atoms with Gasteiger partial charge in [0.1, 0.15) is 0 Å². The van der Waals surface area contributed by atoms with Gasteiger partial charge < -0.3 is 10.2 Å². The second kappa shape index (κ2) is 10.3. The molecule has 0 unspecified atom stereocenters. The van der Waals surface area contributed by atoms with Crippen LogP contribution in [0.2, 0.25) is 0 Å². The van der Waals surface area contributed by atoms with Crippen LogP contribution >= 0.6 is 0 Å². The third-order valence-corrected chi connectivity index (χ3v) is 1.38. The second-order valence-electron chi connectivity index (χ2n) is 2.19. The number of hydrogen-bond acceptors (Lipinski definition) is 2. The Hall–Kier alpha value is 1.16. The Bertz CT molecular complexity index is 290. The molecule has 0 aliphatic carbocycles. The van der Waals surface area contributed by atoms with Gasteiger partial charge in [-0.05, 0) is 24.3 Å². The predicted molar refractivity (Wildman–Crippen MR) is 40.4 cm³/mol. The van der Waals surface area contributed by atoms with Crippen molar-refractivity contribution in [1.29, 1.82) is 0 Å². The summed E-state index contributed by atoms with van der Waals surface area (Å²) in [5, 5.41) is 16.9. The Balaban J connectivity index is -0.000000480. The third kappa shape index (κ3) is 7.15. The van der Waals surface area contributed by atoms with E-state index in [1.807, 2.05) is 0 Å². The first-order valence-electron chi connectivity index (χ1n) is 3.18. The first-order chi connectivity index (χ1) is 5.61. The normalized spacial score (nSPS) is 7.47. The molecule has 0 amide bonds. The zero-order chi connectivity index (χ0) is 9.14. The molecule has 0 bridgehead atoms. The van der Waals surface area contributed by atoms with Crippen LogP contribution in [0.5, 0.6) is 0 Å². The molecule has 1 aromatic rings. The molecule has 0 saturated carbocycles. The van der Waals surface area contributed by atoms with E-state index in [-0.39, 0.29) is 99.8 Å². The number of carbonyl (C=O) groups is 2. The standard InChI is InChI=1S/C8H6O4.3Na/c9-7(10)5-1-2-6(4-3-5)8(11)12;;;/h1-4H,(H,9,10)(H,11,12);;;/q;3*+1. The number of carboxylic acids is 2. The van der Waals surface area contributed by atoms with Gasteiger partial charge in [-0.1, -0.05) is 0 Å². The van der Waals surface area contributed by atoms with E-state index in [1.54, 1.807) is 0 Å². The summed E-state index contributed by atoms with van der Waals surface area (Å²) in [6.45, 7) is 0.